The highest BCUT2D eigenvalue weighted by molar-refractivity contribution is 9.10. The van der Waals surface area contributed by atoms with Crippen LogP contribution < -0.4 is 10.1 Å². The van der Waals surface area contributed by atoms with Crippen molar-refractivity contribution in [2.45, 2.75) is 32.9 Å². The lowest BCUT2D eigenvalue weighted by Gasteiger charge is -2.36. The molecule has 1 aliphatic heterocycles. The van der Waals surface area contributed by atoms with Gasteiger partial charge in [0.25, 0.3) is 0 Å². The van der Waals surface area contributed by atoms with Crippen molar-refractivity contribution in [2.24, 2.45) is 5.92 Å². The Hall–Kier alpha value is -4.50. The Labute approximate surface area is 259 Å². The van der Waals surface area contributed by atoms with E-state index in [0.717, 1.165) is 44.1 Å². The van der Waals surface area contributed by atoms with Crippen molar-refractivity contribution in [2.75, 3.05) is 18.4 Å². The molecule has 1 amide bonds. The first-order valence-corrected chi connectivity index (χ1v) is 15.1. The quantitative estimate of drug-likeness (QED) is 0.193. The summed E-state index contributed by atoms with van der Waals surface area (Å²) >= 11 is 3.65. The average Bonchev–Trinajstić information content (AvgIpc) is 3.02. The Morgan fingerprint density at radius 1 is 0.953 bits per heavy atom. The van der Waals surface area contributed by atoms with Crippen molar-refractivity contribution in [3.8, 4) is 22.9 Å². The number of carbonyl (C=O) groups excluding carboxylic acids is 1. The zero-order valence-electron chi connectivity index (χ0n) is 24.0. The molecular weight excluding hydrogens is 606 g/mol. The zero-order chi connectivity index (χ0) is 29.8. The molecule has 0 unspecified atom stereocenters. The molecular formula is C34H32BrN5O3. The Morgan fingerprint density at radius 3 is 2.67 bits per heavy atom. The van der Waals surface area contributed by atoms with Crippen molar-refractivity contribution in [3.63, 3.8) is 0 Å². The second-order valence-corrected chi connectivity index (χ2v) is 11.8. The Morgan fingerprint density at radius 2 is 1.81 bits per heavy atom. The number of hydrogen-bond donors (Lipinski definition) is 1. The first kappa shape index (κ1) is 28.6. The van der Waals surface area contributed by atoms with Gasteiger partial charge in [0.05, 0.1) is 11.3 Å². The standard InChI is InChI=1S/C34H32BrN5O3/c1-22-18-25(20-40(19-22)34(41)42-21-24-8-4-3-5-9-24)38-33-37-17-15-30(39-33)28-11-7-16-36-32(28)43-31-23(2)13-14-26-27(31)10-6-12-29(26)35/h3-17,22,25H,18-21H2,1-2H3,(H,37,38,39)/t22-,25+/m1/s1. The fourth-order valence-electron chi connectivity index (χ4n) is 5.48. The van der Waals surface area contributed by atoms with Crippen molar-refractivity contribution < 1.29 is 14.3 Å². The summed E-state index contributed by atoms with van der Waals surface area (Å²) in [6.45, 7) is 5.56. The number of piperidine rings is 1. The van der Waals surface area contributed by atoms with Crippen LogP contribution >= 0.6 is 15.9 Å². The third-order valence-corrected chi connectivity index (χ3v) is 8.20. The predicted molar refractivity (Wildman–Crippen MR) is 171 cm³/mol. The van der Waals surface area contributed by atoms with Crippen LogP contribution in [0.3, 0.4) is 0 Å². The maximum atomic E-state index is 12.9. The van der Waals surface area contributed by atoms with Crippen LogP contribution in [0.5, 0.6) is 11.6 Å². The number of benzene rings is 3. The molecule has 1 fully saturated rings. The molecule has 5 aromatic rings. The second kappa shape index (κ2) is 12.8. The van der Waals surface area contributed by atoms with Gasteiger partial charge in [0.1, 0.15) is 12.4 Å². The number of aryl methyl sites for hydroxylation is 1. The number of nitrogens with one attached hydrogen (secondary N) is 1. The molecule has 218 valence electrons. The number of hydrogen-bond acceptors (Lipinski definition) is 7. The summed E-state index contributed by atoms with van der Waals surface area (Å²) in [5, 5.41) is 5.51. The highest BCUT2D eigenvalue weighted by Crippen LogP contribution is 2.38. The van der Waals surface area contributed by atoms with Crippen LogP contribution in [0.1, 0.15) is 24.5 Å². The SMILES string of the molecule is Cc1ccc2c(Br)cccc2c1Oc1ncccc1-c1ccnc(N[C@H]2C[C@@H](C)CN(C(=O)OCc3ccccc3)C2)n1. The minimum atomic E-state index is -0.315. The maximum absolute atomic E-state index is 12.9. The van der Waals surface area contributed by atoms with Crippen LogP contribution in [-0.4, -0.2) is 45.1 Å². The number of rotatable bonds is 7. The van der Waals surface area contributed by atoms with Crippen LogP contribution in [0, 0.1) is 12.8 Å². The lowest BCUT2D eigenvalue weighted by Crippen LogP contribution is -2.48. The first-order chi connectivity index (χ1) is 20.9. The number of nitrogens with zero attached hydrogens (tertiary/aromatic N) is 4. The molecule has 1 N–H and O–H groups in total. The topological polar surface area (TPSA) is 89.5 Å². The molecule has 0 spiro atoms. The van der Waals surface area contributed by atoms with Gasteiger partial charge < -0.3 is 19.7 Å². The molecule has 43 heavy (non-hydrogen) atoms. The molecule has 9 heteroatoms. The van der Waals surface area contributed by atoms with Gasteiger partial charge in [-0.25, -0.2) is 19.7 Å². The van der Waals surface area contributed by atoms with E-state index < -0.39 is 0 Å². The van der Waals surface area contributed by atoms with Crippen LogP contribution in [-0.2, 0) is 11.3 Å². The van der Waals surface area contributed by atoms with Gasteiger partial charge in [0.2, 0.25) is 11.8 Å². The van der Waals surface area contributed by atoms with E-state index in [1.54, 1.807) is 17.3 Å². The maximum Gasteiger partial charge on any atom is 0.410 e. The Balaban J connectivity index is 1.19. The van der Waals surface area contributed by atoms with Gasteiger partial charge in [-0.15, -0.1) is 0 Å². The molecule has 0 saturated carbocycles. The van der Waals surface area contributed by atoms with E-state index in [0.29, 0.717) is 36.5 Å². The summed E-state index contributed by atoms with van der Waals surface area (Å²) in [7, 11) is 0. The van der Waals surface area contributed by atoms with E-state index in [-0.39, 0.29) is 18.7 Å². The van der Waals surface area contributed by atoms with Gasteiger partial charge >= 0.3 is 6.09 Å². The predicted octanol–water partition coefficient (Wildman–Crippen LogP) is 8.01. The van der Waals surface area contributed by atoms with Crippen molar-refractivity contribution in [3.05, 3.63) is 107 Å². The summed E-state index contributed by atoms with van der Waals surface area (Å²) in [5.74, 6) is 1.98. The molecule has 0 radical (unpaired) electrons. The molecule has 6 rings (SSSR count). The van der Waals surface area contributed by atoms with Gasteiger partial charge in [0, 0.05) is 41.4 Å². The van der Waals surface area contributed by atoms with Crippen LogP contribution in [0.2, 0.25) is 0 Å². The van der Waals surface area contributed by atoms with E-state index in [2.05, 4.69) is 44.2 Å². The summed E-state index contributed by atoms with van der Waals surface area (Å²) in [6, 6.07) is 25.5. The minimum absolute atomic E-state index is 0.0235. The van der Waals surface area contributed by atoms with Crippen LogP contribution in [0.4, 0.5) is 10.7 Å². The number of amides is 1. The number of fused-ring (bicyclic) bond motifs is 1. The fourth-order valence-corrected chi connectivity index (χ4v) is 5.98. The Bertz CT molecular complexity index is 1750. The second-order valence-electron chi connectivity index (χ2n) is 10.9. The number of ether oxygens (including phenoxy) is 2. The molecule has 2 aromatic heterocycles. The van der Waals surface area contributed by atoms with Gasteiger partial charge in [-0.2, -0.15) is 0 Å². The van der Waals surface area contributed by atoms with E-state index in [9.17, 15) is 4.79 Å². The molecule has 3 aromatic carbocycles. The Kier molecular flexibility index (Phi) is 8.51. The molecule has 2 atom stereocenters. The summed E-state index contributed by atoms with van der Waals surface area (Å²) < 4.78 is 13.1. The van der Waals surface area contributed by atoms with Crippen molar-refractivity contribution in [1.29, 1.82) is 0 Å². The molecule has 1 aliphatic rings. The average molecular weight is 639 g/mol. The van der Waals surface area contributed by atoms with Gasteiger partial charge in [-0.05, 0) is 60.0 Å². The number of halogens is 1. The molecule has 0 aliphatic carbocycles. The highest BCUT2D eigenvalue weighted by Gasteiger charge is 2.29. The fraction of sp³-hybridized carbons (Fsp3) is 0.235. The van der Waals surface area contributed by atoms with Crippen molar-refractivity contribution >= 4 is 38.7 Å². The van der Waals surface area contributed by atoms with Gasteiger partial charge in [-0.1, -0.05) is 77.5 Å². The van der Waals surface area contributed by atoms with Gasteiger partial charge in [0.15, 0.2) is 0 Å². The largest absolute Gasteiger partial charge is 0.445 e. The summed E-state index contributed by atoms with van der Waals surface area (Å²) in [6.07, 6.45) is 4.00. The third kappa shape index (κ3) is 6.62. The van der Waals surface area contributed by atoms with E-state index in [4.69, 9.17) is 14.5 Å². The first-order valence-electron chi connectivity index (χ1n) is 14.3. The zero-order valence-corrected chi connectivity index (χ0v) is 25.6. The lowest BCUT2D eigenvalue weighted by atomic mass is 9.96. The third-order valence-electron chi connectivity index (χ3n) is 7.51. The van der Waals surface area contributed by atoms with E-state index >= 15 is 0 Å². The normalized spacial score (nSPS) is 16.6. The lowest BCUT2D eigenvalue weighted by molar-refractivity contribution is 0.0783. The number of pyridine rings is 1. The summed E-state index contributed by atoms with van der Waals surface area (Å²) in [5.41, 5.74) is 3.40. The molecule has 1 saturated heterocycles. The number of anilines is 1. The van der Waals surface area contributed by atoms with Crippen LogP contribution in [0.25, 0.3) is 22.0 Å². The molecule has 8 nitrogen and oxygen atoms in total. The monoisotopic (exact) mass is 637 g/mol. The molecule has 0 bridgehead atoms. The van der Waals surface area contributed by atoms with E-state index in [1.807, 2.05) is 79.7 Å². The van der Waals surface area contributed by atoms with Gasteiger partial charge in [-0.3, -0.25) is 0 Å². The number of likely N-dealkylation sites (tertiary alicyclic amines) is 1. The van der Waals surface area contributed by atoms with E-state index in [1.165, 1.54) is 0 Å². The molecule has 3 heterocycles. The van der Waals surface area contributed by atoms with Crippen molar-refractivity contribution in [1.82, 2.24) is 19.9 Å². The number of carbonyl (C=O) groups is 1. The minimum Gasteiger partial charge on any atom is -0.445 e. The van der Waals surface area contributed by atoms with Crippen LogP contribution in [0.15, 0.2) is 95.7 Å². The smallest absolute Gasteiger partial charge is 0.410 e. The summed E-state index contributed by atoms with van der Waals surface area (Å²) in [4.78, 5) is 28.5. The number of aromatic nitrogens is 3. The highest BCUT2D eigenvalue weighted by atomic mass is 79.9.